The van der Waals surface area contributed by atoms with Gasteiger partial charge < -0.3 is 33.9 Å². The minimum atomic E-state index is -2.04. The third-order valence-electron chi connectivity index (χ3n) is 10.9. The molecule has 3 aliphatic carbocycles. The van der Waals surface area contributed by atoms with Crippen molar-refractivity contribution in [2.24, 2.45) is 22.7 Å². The zero-order valence-electron chi connectivity index (χ0n) is 26.2. The molecule has 5 rings (SSSR count). The predicted octanol–water partition coefficient (Wildman–Crippen LogP) is 3.54. The van der Waals surface area contributed by atoms with Gasteiger partial charge in [0.25, 0.3) is 0 Å². The largest absolute Gasteiger partial charge is 0.509 e. The van der Waals surface area contributed by atoms with Gasteiger partial charge in [0.1, 0.15) is 17.8 Å². The van der Waals surface area contributed by atoms with Crippen LogP contribution in [0.25, 0.3) is 0 Å². The molecular weight excluding hydrogens is 572 g/mol. The molecule has 2 N–H and O–H groups in total. The normalized spacial score (nSPS) is 39.0. The second-order valence-electron chi connectivity index (χ2n) is 13.3. The van der Waals surface area contributed by atoms with E-state index in [1.807, 2.05) is 6.92 Å². The van der Waals surface area contributed by atoms with Crippen molar-refractivity contribution in [3.05, 3.63) is 47.0 Å². The second-order valence-corrected chi connectivity index (χ2v) is 13.3. The molecule has 3 fully saturated rings. The van der Waals surface area contributed by atoms with Crippen molar-refractivity contribution in [1.29, 1.82) is 0 Å². The highest BCUT2D eigenvalue weighted by Crippen LogP contribution is 2.65. The molecule has 1 saturated heterocycles. The molecule has 2 saturated carbocycles. The van der Waals surface area contributed by atoms with Crippen LogP contribution < -0.4 is 0 Å². The molecule has 0 spiro atoms. The standard InChI is InChI=1S/C33H42O11/c1-8-40-29(38)42-24-23-18(3)21(35)15-33(39,30(23,5)6)27(43-28(37)20-12-10-9-11-13-20)25-31(7,26(24)36)17(2)14-22-32(25,16-41-22)44-19(4)34/h9-13,17,21-22,24-25,27,35,39H,8,14-16H2,1-7H3/t17?,21-,22+,24?,25?,27-,31+,32-,33?/m0/s1. The summed E-state index contributed by atoms with van der Waals surface area (Å²) in [5.74, 6) is -3.57. The summed E-state index contributed by atoms with van der Waals surface area (Å²) in [5.41, 5.74) is -5.64. The molecule has 1 aliphatic heterocycles. The maximum atomic E-state index is 15.1. The topological polar surface area (TPSA) is 155 Å². The van der Waals surface area contributed by atoms with Crippen LogP contribution in [0.15, 0.2) is 41.5 Å². The Morgan fingerprint density at radius 1 is 1.09 bits per heavy atom. The lowest BCUT2D eigenvalue weighted by Crippen LogP contribution is -2.80. The fraction of sp³-hybridized carbons (Fsp3) is 0.636. The van der Waals surface area contributed by atoms with Crippen LogP contribution in [0.4, 0.5) is 4.79 Å². The van der Waals surface area contributed by atoms with Crippen molar-refractivity contribution in [1.82, 2.24) is 0 Å². The van der Waals surface area contributed by atoms with Gasteiger partial charge in [-0.05, 0) is 49.5 Å². The van der Waals surface area contributed by atoms with Crippen LogP contribution in [0.3, 0.4) is 0 Å². The van der Waals surface area contributed by atoms with E-state index in [9.17, 15) is 24.6 Å². The molecule has 11 heteroatoms. The van der Waals surface area contributed by atoms with Crippen molar-refractivity contribution in [3.8, 4) is 0 Å². The number of hydrogen-bond acceptors (Lipinski definition) is 11. The molecule has 1 aromatic rings. The number of fused-ring (bicyclic) bond motifs is 5. The van der Waals surface area contributed by atoms with Crippen LogP contribution in [0.5, 0.6) is 0 Å². The number of ether oxygens (including phenoxy) is 5. The first-order valence-corrected chi connectivity index (χ1v) is 15.1. The third-order valence-corrected chi connectivity index (χ3v) is 10.9. The first-order chi connectivity index (χ1) is 20.6. The van der Waals surface area contributed by atoms with E-state index in [1.54, 1.807) is 65.0 Å². The van der Waals surface area contributed by atoms with Crippen LogP contribution in [-0.2, 0) is 33.3 Å². The highest BCUT2D eigenvalue weighted by Gasteiger charge is 2.77. The molecule has 0 radical (unpaired) electrons. The lowest BCUT2D eigenvalue weighted by atomic mass is 9.43. The van der Waals surface area contributed by atoms with Gasteiger partial charge in [0.2, 0.25) is 0 Å². The van der Waals surface area contributed by atoms with Gasteiger partial charge in [-0.2, -0.15) is 0 Å². The quantitative estimate of drug-likeness (QED) is 0.284. The molecule has 4 aliphatic rings. The zero-order valence-corrected chi connectivity index (χ0v) is 26.2. The predicted molar refractivity (Wildman–Crippen MR) is 154 cm³/mol. The van der Waals surface area contributed by atoms with Crippen molar-refractivity contribution in [2.75, 3.05) is 13.2 Å². The summed E-state index contributed by atoms with van der Waals surface area (Å²) < 4.78 is 29.1. The summed E-state index contributed by atoms with van der Waals surface area (Å²) in [7, 11) is 0. The van der Waals surface area contributed by atoms with Gasteiger partial charge in [-0.3, -0.25) is 9.59 Å². The van der Waals surface area contributed by atoms with Crippen molar-refractivity contribution >= 4 is 23.9 Å². The Kier molecular flexibility index (Phi) is 8.00. The first kappa shape index (κ1) is 32.1. The summed E-state index contributed by atoms with van der Waals surface area (Å²) >= 11 is 0. The van der Waals surface area contributed by atoms with Crippen LogP contribution >= 0.6 is 0 Å². The van der Waals surface area contributed by atoms with Crippen LogP contribution in [0.2, 0.25) is 0 Å². The van der Waals surface area contributed by atoms with E-state index in [1.165, 1.54) is 6.92 Å². The molecule has 2 bridgehead atoms. The Hall–Kier alpha value is -3.28. The molecule has 0 amide bonds. The van der Waals surface area contributed by atoms with Crippen LogP contribution in [0, 0.1) is 22.7 Å². The Morgan fingerprint density at radius 3 is 2.32 bits per heavy atom. The molecular formula is C33H42O11. The van der Waals surface area contributed by atoms with E-state index in [4.69, 9.17) is 23.7 Å². The number of esters is 2. The minimum Gasteiger partial charge on any atom is -0.455 e. The monoisotopic (exact) mass is 614 g/mol. The molecule has 4 unspecified atom stereocenters. The summed E-state index contributed by atoms with van der Waals surface area (Å²) in [4.78, 5) is 54.4. The highest BCUT2D eigenvalue weighted by atomic mass is 16.7. The second kappa shape index (κ2) is 11.0. The van der Waals surface area contributed by atoms with Gasteiger partial charge in [0.15, 0.2) is 17.5 Å². The lowest BCUT2D eigenvalue weighted by Gasteiger charge is -2.68. The number of carbonyl (C=O) groups is 4. The maximum absolute atomic E-state index is 15.1. The van der Waals surface area contributed by atoms with Crippen LogP contribution in [-0.4, -0.2) is 82.9 Å². The first-order valence-electron chi connectivity index (χ1n) is 15.1. The molecule has 44 heavy (non-hydrogen) atoms. The molecule has 240 valence electrons. The van der Waals surface area contributed by atoms with Gasteiger partial charge in [-0.25, -0.2) is 9.59 Å². The number of aliphatic hydroxyl groups excluding tert-OH is 1. The summed E-state index contributed by atoms with van der Waals surface area (Å²) in [6.07, 6.45) is -6.03. The van der Waals surface area contributed by atoms with Gasteiger partial charge in [-0.15, -0.1) is 0 Å². The van der Waals surface area contributed by atoms with E-state index in [-0.39, 0.29) is 30.8 Å². The summed E-state index contributed by atoms with van der Waals surface area (Å²) in [6, 6.07) is 8.23. The molecule has 0 aromatic heterocycles. The van der Waals surface area contributed by atoms with E-state index < -0.39 is 82.2 Å². The third kappa shape index (κ3) is 4.49. The smallest absolute Gasteiger partial charge is 0.455 e. The fourth-order valence-electron chi connectivity index (χ4n) is 8.28. The minimum absolute atomic E-state index is 0.00385. The zero-order chi connectivity index (χ0) is 32.4. The molecule has 11 nitrogen and oxygen atoms in total. The number of benzene rings is 1. The number of carbonyl (C=O) groups excluding carboxylic acids is 4. The van der Waals surface area contributed by atoms with Crippen LogP contribution in [0.1, 0.15) is 71.7 Å². The number of rotatable bonds is 5. The van der Waals surface area contributed by atoms with Gasteiger partial charge in [-0.1, -0.05) is 45.9 Å². The van der Waals surface area contributed by atoms with Crippen molar-refractivity contribution in [3.63, 3.8) is 0 Å². The summed E-state index contributed by atoms with van der Waals surface area (Å²) in [6.45, 7) is 11.2. The van der Waals surface area contributed by atoms with Crippen molar-refractivity contribution < 1.29 is 53.1 Å². The number of ketones is 1. The Morgan fingerprint density at radius 2 is 1.75 bits per heavy atom. The SMILES string of the molecule is CCOC(=O)OC1C(=O)[C@]2(C)C(C)C[C@H]3OC[C@@]3(OC(C)=O)C2[C@H](OC(=O)c2ccccc2)C2(O)C[C@H](O)C(C)=C1C2(C)C. The average Bonchev–Trinajstić information content (AvgIpc) is 2.95. The maximum Gasteiger partial charge on any atom is 0.509 e. The van der Waals surface area contributed by atoms with Gasteiger partial charge in [0.05, 0.1) is 30.8 Å². The highest BCUT2D eigenvalue weighted by molar-refractivity contribution is 5.95. The molecule has 1 heterocycles. The Labute approximate surface area is 256 Å². The molecule has 1 aromatic carbocycles. The van der Waals surface area contributed by atoms with E-state index in [2.05, 4.69) is 0 Å². The number of hydrogen-bond donors (Lipinski definition) is 2. The Balaban J connectivity index is 1.82. The number of Topliss-reactive ketones (excluding diaryl/α,β-unsaturated/α-hetero) is 1. The van der Waals surface area contributed by atoms with Gasteiger partial charge >= 0.3 is 18.1 Å². The van der Waals surface area contributed by atoms with E-state index in [0.717, 1.165) is 0 Å². The van der Waals surface area contributed by atoms with E-state index in [0.29, 0.717) is 12.0 Å². The van der Waals surface area contributed by atoms with Crippen molar-refractivity contribution in [2.45, 2.75) is 96.9 Å². The Bertz CT molecular complexity index is 1380. The summed E-state index contributed by atoms with van der Waals surface area (Å²) in [5, 5.41) is 24.4. The van der Waals surface area contributed by atoms with E-state index >= 15 is 4.79 Å². The number of aliphatic hydroxyl groups is 2. The lowest BCUT2D eigenvalue weighted by molar-refractivity contribution is -0.340. The average molecular weight is 615 g/mol. The fourth-order valence-corrected chi connectivity index (χ4v) is 8.28. The van der Waals surface area contributed by atoms with Gasteiger partial charge in [0, 0.05) is 24.2 Å². The molecule has 9 atom stereocenters.